The summed E-state index contributed by atoms with van der Waals surface area (Å²) in [5.41, 5.74) is 1.33. The maximum atomic E-state index is 12.2. The molecule has 0 radical (unpaired) electrons. The summed E-state index contributed by atoms with van der Waals surface area (Å²) in [6.07, 6.45) is 3.05. The lowest BCUT2D eigenvalue weighted by molar-refractivity contribution is -0.159. The third-order valence-electron chi connectivity index (χ3n) is 5.16. The molecule has 0 spiro atoms. The predicted molar refractivity (Wildman–Crippen MR) is 102 cm³/mol. The van der Waals surface area contributed by atoms with Gasteiger partial charge in [-0.25, -0.2) is 9.59 Å². The maximum absolute atomic E-state index is 12.2. The predicted octanol–water partition coefficient (Wildman–Crippen LogP) is 3.91. The fraction of sp³-hybridized carbons (Fsp3) is 0.619. The summed E-state index contributed by atoms with van der Waals surface area (Å²) in [6, 6.07) is 7.12. The molecule has 1 aliphatic rings. The van der Waals surface area contributed by atoms with Gasteiger partial charge < -0.3 is 14.4 Å². The van der Waals surface area contributed by atoms with Gasteiger partial charge in [0, 0.05) is 19.8 Å². The zero-order valence-corrected chi connectivity index (χ0v) is 16.5. The highest BCUT2D eigenvalue weighted by Crippen LogP contribution is 2.35. The number of hydrogen-bond acceptors (Lipinski definition) is 5. The van der Waals surface area contributed by atoms with Gasteiger partial charge >= 0.3 is 11.9 Å². The Morgan fingerprint density at radius 1 is 1.23 bits per heavy atom. The van der Waals surface area contributed by atoms with Crippen molar-refractivity contribution in [3.63, 3.8) is 0 Å². The van der Waals surface area contributed by atoms with Crippen LogP contribution in [0.4, 0.5) is 5.69 Å². The van der Waals surface area contributed by atoms with Gasteiger partial charge in [-0.05, 0) is 48.8 Å². The van der Waals surface area contributed by atoms with Gasteiger partial charge in [0.2, 0.25) is 0 Å². The minimum absolute atomic E-state index is 0.0815. The molecule has 26 heavy (non-hydrogen) atoms. The monoisotopic (exact) mass is 361 g/mol. The first-order valence-electron chi connectivity index (χ1n) is 9.42. The van der Waals surface area contributed by atoms with Crippen LogP contribution in [0.25, 0.3) is 0 Å². The van der Waals surface area contributed by atoms with Crippen molar-refractivity contribution < 1.29 is 19.1 Å². The molecule has 144 valence electrons. The lowest BCUT2D eigenvalue weighted by atomic mass is 9.75. The van der Waals surface area contributed by atoms with Gasteiger partial charge in [0.05, 0.1) is 5.56 Å². The molecule has 5 heteroatoms. The number of benzene rings is 1. The number of esters is 2. The van der Waals surface area contributed by atoms with Crippen LogP contribution in [0.2, 0.25) is 0 Å². The van der Waals surface area contributed by atoms with Gasteiger partial charge in [0.1, 0.15) is 6.10 Å². The van der Waals surface area contributed by atoms with Gasteiger partial charge in [-0.1, -0.05) is 33.3 Å². The molecule has 0 N–H and O–H groups in total. The molecule has 0 aliphatic heterocycles. The fourth-order valence-corrected chi connectivity index (χ4v) is 3.57. The second kappa shape index (κ2) is 9.06. The van der Waals surface area contributed by atoms with Gasteiger partial charge in [-0.3, -0.25) is 0 Å². The Morgan fingerprint density at radius 2 is 1.96 bits per heavy atom. The van der Waals surface area contributed by atoms with Crippen molar-refractivity contribution in [1.82, 2.24) is 0 Å². The van der Waals surface area contributed by atoms with Gasteiger partial charge in [-0.2, -0.15) is 0 Å². The molecule has 1 saturated carbocycles. The summed E-state index contributed by atoms with van der Waals surface area (Å²) in [5, 5.41) is 0. The Balaban J connectivity index is 1.89. The van der Waals surface area contributed by atoms with Crippen molar-refractivity contribution in [2.24, 2.45) is 17.8 Å². The molecular formula is C21H31NO4. The number of ether oxygens (including phenoxy) is 2. The fourth-order valence-electron chi connectivity index (χ4n) is 3.57. The highest BCUT2D eigenvalue weighted by Gasteiger charge is 2.33. The minimum atomic E-state index is -0.511. The molecule has 0 heterocycles. The Morgan fingerprint density at radius 3 is 2.62 bits per heavy atom. The standard InChI is InChI=1S/C21H31NO4/c1-14(2)18-10-9-15(3)11-19(18)26-20(23)13-25-21(24)16-7-6-8-17(12-16)22(4)5/h6-8,12,14-15,18-19H,9-11,13H2,1-5H3. The van der Waals surface area contributed by atoms with Crippen LogP contribution < -0.4 is 4.90 Å². The van der Waals surface area contributed by atoms with Crippen LogP contribution in [0, 0.1) is 17.8 Å². The number of carbonyl (C=O) groups is 2. The van der Waals surface area contributed by atoms with Gasteiger partial charge in [0.25, 0.3) is 0 Å². The maximum Gasteiger partial charge on any atom is 0.344 e. The Bertz CT molecular complexity index is 626. The first-order chi connectivity index (χ1) is 12.3. The molecule has 0 saturated heterocycles. The Kier molecular flexibility index (Phi) is 7.06. The smallest absolute Gasteiger partial charge is 0.344 e. The molecule has 3 atom stereocenters. The van der Waals surface area contributed by atoms with Gasteiger partial charge in [0.15, 0.2) is 6.61 Å². The van der Waals surface area contributed by atoms with E-state index in [0.29, 0.717) is 23.3 Å². The average Bonchev–Trinajstić information content (AvgIpc) is 2.59. The third kappa shape index (κ3) is 5.48. The lowest BCUT2D eigenvalue weighted by Gasteiger charge is -2.36. The summed E-state index contributed by atoms with van der Waals surface area (Å²) < 4.78 is 10.8. The van der Waals surface area contributed by atoms with E-state index < -0.39 is 11.9 Å². The van der Waals surface area contributed by atoms with Gasteiger partial charge in [-0.15, -0.1) is 0 Å². The van der Waals surface area contributed by atoms with Crippen molar-refractivity contribution in [2.45, 2.75) is 46.1 Å². The van der Waals surface area contributed by atoms with Crippen molar-refractivity contribution in [2.75, 3.05) is 25.6 Å². The quantitative estimate of drug-likeness (QED) is 0.719. The zero-order chi connectivity index (χ0) is 19.3. The molecule has 0 bridgehead atoms. The van der Waals surface area contributed by atoms with E-state index in [1.54, 1.807) is 18.2 Å². The van der Waals surface area contributed by atoms with Crippen molar-refractivity contribution in [1.29, 1.82) is 0 Å². The zero-order valence-electron chi connectivity index (χ0n) is 16.5. The van der Waals surface area contributed by atoms with Crippen LogP contribution in [-0.4, -0.2) is 38.7 Å². The topological polar surface area (TPSA) is 55.8 Å². The number of hydrogen-bond donors (Lipinski definition) is 0. The summed E-state index contributed by atoms with van der Waals surface area (Å²) in [7, 11) is 3.80. The molecule has 0 amide bonds. The van der Waals surface area contributed by atoms with E-state index in [-0.39, 0.29) is 12.7 Å². The minimum Gasteiger partial charge on any atom is -0.460 e. The average molecular weight is 361 g/mol. The Hall–Kier alpha value is -2.04. The van der Waals surface area contributed by atoms with Crippen molar-refractivity contribution in [3.05, 3.63) is 29.8 Å². The molecule has 3 unspecified atom stereocenters. The van der Waals surface area contributed by atoms with Crippen LogP contribution in [0.5, 0.6) is 0 Å². The first kappa shape index (κ1) is 20.3. The summed E-state index contributed by atoms with van der Waals surface area (Å²) >= 11 is 0. The SMILES string of the molecule is CC1CCC(C(C)C)C(OC(=O)COC(=O)c2cccc(N(C)C)c2)C1. The molecular weight excluding hydrogens is 330 g/mol. The number of rotatable bonds is 6. The van der Waals surface area contributed by atoms with E-state index in [2.05, 4.69) is 20.8 Å². The summed E-state index contributed by atoms with van der Waals surface area (Å²) in [6.45, 7) is 6.17. The van der Waals surface area contributed by atoms with Crippen LogP contribution in [0.15, 0.2) is 24.3 Å². The lowest BCUT2D eigenvalue weighted by Crippen LogP contribution is -2.36. The molecule has 1 fully saturated rings. The number of carbonyl (C=O) groups excluding carboxylic acids is 2. The van der Waals surface area contributed by atoms with E-state index in [0.717, 1.165) is 18.5 Å². The van der Waals surface area contributed by atoms with E-state index >= 15 is 0 Å². The van der Waals surface area contributed by atoms with Crippen LogP contribution in [0.3, 0.4) is 0 Å². The molecule has 1 aliphatic carbocycles. The summed E-state index contributed by atoms with van der Waals surface area (Å²) in [4.78, 5) is 26.3. The van der Waals surface area contributed by atoms with E-state index in [4.69, 9.17) is 9.47 Å². The summed E-state index contributed by atoms with van der Waals surface area (Å²) in [5.74, 6) is 0.424. The highest BCUT2D eigenvalue weighted by molar-refractivity contribution is 5.91. The van der Waals surface area contributed by atoms with Crippen molar-refractivity contribution >= 4 is 17.6 Å². The van der Waals surface area contributed by atoms with Crippen LogP contribution in [-0.2, 0) is 14.3 Å². The van der Waals surface area contributed by atoms with E-state index in [1.165, 1.54) is 6.42 Å². The largest absolute Gasteiger partial charge is 0.460 e. The van der Waals surface area contributed by atoms with Crippen LogP contribution in [0.1, 0.15) is 50.4 Å². The normalized spacial score (nSPS) is 22.8. The number of anilines is 1. The van der Waals surface area contributed by atoms with E-state index in [9.17, 15) is 9.59 Å². The second-order valence-electron chi connectivity index (χ2n) is 7.88. The first-order valence-corrected chi connectivity index (χ1v) is 9.42. The molecule has 1 aromatic carbocycles. The second-order valence-corrected chi connectivity index (χ2v) is 7.88. The highest BCUT2D eigenvalue weighted by atomic mass is 16.6. The van der Waals surface area contributed by atoms with Crippen LogP contribution >= 0.6 is 0 Å². The van der Waals surface area contributed by atoms with E-state index in [1.807, 2.05) is 25.1 Å². The van der Waals surface area contributed by atoms with Crippen molar-refractivity contribution in [3.8, 4) is 0 Å². The molecule has 5 nitrogen and oxygen atoms in total. The molecule has 0 aromatic heterocycles. The Labute approximate surface area is 156 Å². The number of nitrogens with zero attached hydrogens (tertiary/aromatic N) is 1. The third-order valence-corrected chi connectivity index (χ3v) is 5.16. The molecule has 1 aromatic rings. The molecule has 2 rings (SSSR count).